The molecule has 0 N–H and O–H groups in total. The number of thiol groups is 1. The van der Waals surface area contributed by atoms with Crippen LogP contribution < -0.4 is 0 Å². The first-order valence-electron chi connectivity index (χ1n) is 6.07. The number of rotatable bonds is 5. The third-order valence-electron chi connectivity index (χ3n) is 2.86. The molecule has 0 bridgehead atoms. The van der Waals surface area contributed by atoms with Crippen molar-refractivity contribution >= 4 is 24.4 Å². The lowest BCUT2D eigenvalue weighted by atomic mass is 10.2. The number of nitrogens with zero attached hydrogens (tertiary/aromatic N) is 3. The van der Waals surface area contributed by atoms with Crippen LogP contribution in [0.3, 0.4) is 0 Å². The van der Waals surface area contributed by atoms with Gasteiger partial charge in [-0.1, -0.05) is 18.2 Å². The summed E-state index contributed by atoms with van der Waals surface area (Å²) in [5, 5.41) is 9.71. The maximum Gasteiger partial charge on any atom is 0.191 e. The van der Waals surface area contributed by atoms with Crippen molar-refractivity contribution in [2.45, 2.75) is 50.2 Å². The average Bonchev–Trinajstić information content (AvgIpc) is 2.54. The first-order chi connectivity index (χ1) is 7.92. The van der Waals surface area contributed by atoms with Crippen LogP contribution in [0.25, 0.3) is 0 Å². The SMILES string of the molecule is SCCCCSc1nnc2n1CCCCC2. The van der Waals surface area contributed by atoms with E-state index in [0.29, 0.717) is 0 Å². The topological polar surface area (TPSA) is 30.7 Å². The first-order valence-corrected chi connectivity index (χ1v) is 7.69. The van der Waals surface area contributed by atoms with E-state index in [1.807, 2.05) is 11.8 Å². The summed E-state index contributed by atoms with van der Waals surface area (Å²) < 4.78 is 2.32. The molecule has 90 valence electrons. The predicted octanol–water partition coefficient (Wildman–Crippen LogP) is 2.81. The maximum atomic E-state index is 4.29. The van der Waals surface area contributed by atoms with Gasteiger partial charge in [0.15, 0.2) is 5.16 Å². The molecule has 0 radical (unpaired) electrons. The van der Waals surface area contributed by atoms with Gasteiger partial charge in [0, 0.05) is 18.7 Å². The average molecular weight is 257 g/mol. The molecule has 0 aromatic carbocycles. The number of hydrogen-bond donors (Lipinski definition) is 1. The molecule has 0 saturated carbocycles. The van der Waals surface area contributed by atoms with E-state index in [1.54, 1.807) is 0 Å². The van der Waals surface area contributed by atoms with Crippen molar-refractivity contribution in [1.82, 2.24) is 14.8 Å². The monoisotopic (exact) mass is 257 g/mol. The molecule has 2 rings (SSSR count). The molecule has 1 aliphatic heterocycles. The zero-order valence-corrected chi connectivity index (χ0v) is 11.3. The molecule has 5 heteroatoms. The van der Waals surface area contributed by atoms with E-state index in [-0.39, 0.29) is 0 Å². The Kier molecular flexibility index (Phi) is 5.03. The van der Waals surface area contributed by atoms with Crippen LogP contribution in [-0.4, -0.2) is 26.3 Å². The Morgan fingerprint density at radius 1 is 1.19 bits per heavy atom. The van der Waals surface area contributed by atoms with Crippen molar-refractivity contribution in [3.63, 3.8) is 0 Å². The maximum absolute atomic E-state index is 4.29. The normalized spacial score (nSPS) is 15.8. The van der Waals surface area contributed by atoms with Crippen molar-refractivity contribution in [3.05, 3.63) is 5.82 Å². The van der Waals surface area contributed by atoms with Crippen LogP contribution in [0.15, 0.2) is 5.16 Å². The lowest BCUT2D eigenvalue weighted by molar-refractivity contribution is 0.590. The number of aromatic nitrogens is 3. The van der Waals surface area contributed by atoms with Gasteiger partial charge in [-0.15, -0.1) is 10.2 Å². The summed E-state index contributed by atoms with van der Waals surface area (Å²) in [6.45, 7) is 1.11. The quantitative estimate of drug-likeness (QED) is 0.500. The van der Waals surface area contributed by atoms with Gasteiger partial charge in [0.25, 0.3) is 0 Å². The minimum absolute atomic E-state index is 0.985. The largest absolute Gasteiger partial charge is 0.306 e. The first kappa shape index (κ1) is 12.3. The minimum atomic E-state index is 0.985. The van der Waals surface area contributed by atoms with Crippen LogP contribution in [0.4, 0.5) is 0 Å². The van der Waals surface area contributed by atoms with Crippen LogP contribution in [0, 0.1) is 0 Å². The lowest BCUT2D eigenvalue weighted by Gasteiger charge is -2.05. The predicted molar refractivity (Wildman–Crippen MR) is 71.4 cm³/mol. The minimum Gasteiger partial charge on any atom is -0.306 e. The van der Waals surface area contributed by atoms with Gasteiger partial charge < -0.3 is 4.57 Å². The third kappa shape index (κ3) is 3.17. The van der Waals surface area contributed by atoms with E-state index in [9.17, 15) is 0 Å². The third-order valence-corrected chi connectivity index (χ3v) is 4.23. The standard InChI is InChI=1S/C11H19N3S2/c15-8-4-5-9-16-11-13-12-10-6-2-1-3-7-14(10)11/h15H,1-9H2. The van der Waals surface area contributed by atoms with Crippen LogP contribution >= 0.6 is 24.4 Å². The van der Waals surface area contributed by atoms with Gasteiger partial charge in [0.2, 0.25) is 0 Å². The summed E-state index contributed by atoms with van der Waals surface area (Å²) in [6.07, 6.45) is 7.38. The van der Waals surface area contributed by atoms with Crippen molar-refractivity contribution < 1.29 is 0 Å². The van der Waals surface area contributed by atoms with E-state index in [2.05, 4.69) is 27.4 Å². The Balaban J connectivity index is 1.91. The van der Waals surface area contributed by atoms with Gasteiger partial charge in [-0.3, -0.25) is 0 Å². The fourth-order valence-electron chi connectivity index (χ4n) is 1.94. The molecule has 1 aliphatic rings. The highest BCUT2D eigenvalue weighted by molar-refractivity contribution is 7.99. The Morgan fingerprint density at radius 2 is 2.12 bits per heavy atom. The molecule has 1 aromatic rings. The number of thioether (sulfide) groups is 1. The summed E-state index contributed by atoms with van der Waals surface area (Å²) in [4.78, 5) is 0. The zero-order chi connectivity index (χ0) is 11.2. The molecule has 0 spiro atoms. The summed E-state index contributed by atoms with van der Waals surface area (Å²) in [7, 11) is 0. The fourth-order valence-corrected chi connectivity index (χ4v) is 3.15. The van der Waals surface area contributed by atoms with Gasteiger partial charge in [-0.2, -0.15) is 12.6 Å². The molecule has 1 aromatic heterocycles. The highest BCUT2D eigenvalue weighted by Crippen LogP contribution is 2.22. The summed E-state index contributed by atoms with van der Waals surface area (Å²) in [5.41, 5.74) is 0. The molecular formula is C11H19N3S2. The molecule has 16 heavy (non-hydrogen) atoms. The van der Waals surface area contributed by atoms with E-state index in [1.165, 1.54) is 37.9 Å². The number of unbranched alkanes of at least 4 members (excludes halogenated alkanes) is 1. The number of fused-ring (bicyclic) bond motifs is 1. The van der Waals surface area contributed by atoms with Crippen molar-refractivity contribution in [1.29, 1.82) is 0 Å². The molecule has 0 aliphatic carbocycles. The molecule has 0 amide bonds. The van der Waals surface area contributed by atoms with Crippen LogP contribution in [0.5, 0.6) is 0 Å². The molecule has 3 nitrogen and oxygen atoms in total. The second kappa shape index (κ2) is 6.55. The Labute approximate surface area is 107 Å². The summed E-state index contributed by atoms with van der Waals surface area (Å²) >= 11 is 6.07. The van der Waals surface area contributed by atoms with Crippen molar-refractivity contribution in [2.24, 2.45) is 0 Å². The van der Waals surface area contributed by atoms with Crippen LogP contribution in [-0.2, 0) is 13.0 Å². The molecular weight excluding hydrogens is 238 g/mol. The summed E-state index contributed by atoms with van der Waals surface area (Å²) in [6, 6.07) is 0. The van der Waals surface area contributed by atoms with E-state index in [0.717, 1.165) is 29.6 Å². The highest BCUT2D eigenvalue weighted by Gasteiger charge is 2.14. The smallest absolute Gasteiger partial charge is 0.191 e. The Bertz CT molecular complexity index is 325. The molecule has 2 heterocycles. The van der Waals surface area contributed by atoms with Crippen molar-refractivity contribution in [2.75, 3.05) is 11.5 Å². The summed E-state index contributed by atoms with van der Waals surface area (Å²) in [5.74, 6) is 3.31. The van der Waals surface area contributed by atoms with Crippen LogP contribution in [0.2, 0.25) is 0 Å². The number of aryl methyl sites for hydroxylation is 1. The molecule has 0 saturated heterocycles. The van der Waals surface area contributed by atoms with Gasteiger partial charge in [0.05, 0.1) is 0 Å². The van der Waals surface area contributed by atoms with E-state index >= 15 is 0 Å². The Morgan fingerprint density at radius 3 is 3.00 bits per heavy atom. The number of hydrogen-bond acceptors (Lipinski definition) is 4. The van der Waals surface area contributed by atoms with Gasteiger partial charge in [-0.25, -0.2) is 0 Å². The zero-order valence-electron chi connectivity index (χ0n) is 9.56. The second-order valence-electron chi connectivity index (χ2n) is 4.14. The fraction of sp³-hybridized carbons (Fsp3) is 0.818. The molecule has 0 atom stereocenters. The molecule has 0 fully saturated rings. The van der Waals surface area contributed by atoms with Gasteiger partial charge in [-0.05, 0) is 31.4 Å². The van der Waals surface area contributed by atoms with E-state index in [4.69, 9.17) is 0 Å². The van der Waals surface area contributed by atoms with E-state index < -0.39 is 0 Å². The van der Waals surface area contributed by atoms with Gasteiger partial charge >= 0.3 is 0 Å². The lowest BCUT2D eigenvalue weighted by Crippen LogP contribution is -2.02. The molecule has 0 unspecified atom stereocenters. The Hall–Kier alpha value is -0.160. The van der Waals surface area contributed by atoms with Crippen LogP contribution in [0.1, 0.15) is 37.9 Å². The second-order valence-corrected chi connectivity index (χ2v) is 5.65. The highest BCUT2D eigenvalue weighted by atomic mass is 32.2. The van der Waals surface area contributed by atoms with Crippen molar-refractivity contribution in [3.8, 4) is 0 Å². The van der Waals surface area contributed by atoms with Gasteiger partial charge in [0.1, 0.15) is 5.82 Å².